The van der Waals surface area contributed by atoms with E-state index in [2.05, 4.69) is 5.32 Å². The number of carbonyl (C=O) groups excluding carboxylic acids is 2. The Morgan fingerprint density at radius 3 is 2.75 bits per heavy atom. The Morgan fingerprint density at radius 1 is 1.25 bits per heavy atom. The molecule has 1 aromatic heterocycles. The number of fused-ring (bicyclic) bond motifs is 1. The summed E-state index contributed by atoms with van der Waals surface area (Å²) in [7, 11) is 1.59. The molecule has 7 nitrogen and oxygen atoms in total. The molecular weight excluding hydrogens is 358 g/mol. The van der Waals surface area contributed by atoms with Gasteiger partial charge in [-0.25, -0.2) is 0 Å². The van der Waals surface area contributed by atoms with Crippen molar-refractivity contribution in [1.29, 1.82) is 0 Å². The molecule has 1 aromatic carbocycles. The Kier molecular flexibility index (Phi) is 5.62. The predicted octanol–water partition coefficient (Wildman–Crippen LogP) is 3.48. The average Bonchev–Trinajstić information content (AvgIpc) is 3.16. The molecule has 2 heterocycles. The summed E-state index contributed by atoms with van der Waals surface area (Å²) in [5.74, 6) is 0.647. The number of ether oxygens (including phenoxy) is 2. The van der Waals surface area contributed by atoms with Gasteiger partial charge in [0.2, 0.25) is 0 Å². The first-order valence-electron chi connectivity index (χ1n) is 10.1. The summed E-state index contributed by atoms with van der Waals surface area (Å²) in [6.07, 6.45) is 9.20. The van der Waals surface area contributed by atoms with Crippen LogP contribution in [0.5, 0.6) is 5.75 Å². The van der Waals surface area contributed by atoms with Crippen LogP contribution in [-0.2, 0) is 14.3 Å². The maximum absolute atomic E-state index is 12.5. The van der Waals surface area contributed by atoms with Crippen LogP contribution in [0.15, 0.2) is 18.3 Å². The van der Waals surface area contributed by atoms with Crippen LogP contribution in [0.1, 0.15) is 51.0 Å². The van der Waals surface area contributed by atoms with Crippen LogP contribution in [0.4, 0.5) is 5.69 Å². The lowest BCUT2D eigenvalue weighted by Gasteiger charge is -2.25. The first-order valence-corrected chi connectivity index (χ1v) is 10.1. The third kappa shape index (κ3) is 3.90. The third-order valence-corrected chi connectivity index (χ3v) is 5.88. The smallest absolute Gasteiger partial charge is 0.253 e. The van der Waals surface area contributed by atoms with E-state index in [1.54, 1.807) is 7.11 Å². The summed E-state index contributed by atoms with van der Waals surface area (Å²) in [5.41, 5.74) is 1.47. The number of carbonyl (C=O) groups is 2. The van der Waals surface area contributed by atoms with E-state index in [9.17, 15) is 9.59 Å². The normalized spacial score (nSPS) is 25.4. The minimum Gasteiger partial charge on any atom is -0.494 e. The monoisotopic (exact) mass is 385 g/mol. The van der Waals surface area contributed by atoms with Crippen molar-refractivity contribution in [3.8, 4) is 5.75 Å². The van der Waals surface area contributed by atoms with Crippen LogP contribution in [0.2, 0.25) is 0 Å². The predicted molar refractivity (Wildman–Crippen MR) is 106 cm³/mol. The van der Waals surface area contributed by atoms with E-state index in [1.165, 1.54) is 0 Å². The van der Waals surface area contributed by atoms with Crippen molar-refractivity contribution < 1.29 is 19.1 Å². The lowest BCUT2D eigenvalue weighted by atomic mass is 9.87. The molecule has 1 aliphatic carbocycles. The Morgan fingerprint density at radius 2 is 2.07 bits per heavy atom. The highest BCUT2D eigenvalue weighted by molar-refractivity contribution is 5.98. The van der Waals surface area contributed by atoms with E-state index in [4.69, 9.17) is 14.6 Å². The molecule has 0 spiro atoms. The molecule has 150 valence electrons. The summed E-state index contributed by atoms with van der Waals surface area (Å²) in [6, 6.07) is 4.08. The number of aromatic nitrogens is 2. The average molecular weight is 385 g/mol. The van der Waals surface area contributed by atoms with Crippen LogP contribution in [0.25, 0.3) is 10.9 Å². The highest BCUT2D eigenvalue weighted by Gasteiger charge is 2.25. The molecule has 28 heavy (non-hydrogen) atoms. The molecule has 1 saturated heterocycles. The number of anilines is 1. The van der Waals surface area contributed by atoms with Crippen molar-refractivity contribution in [2.24, 2.45) is 5.92 Å². The molecule has 2 fully saturated rings. The van der Waals surface area contributed by atoms with Gasteiger partial charge in [0.25, 0.3) is 5.91 Å². The quantitative estimate of drug-likeness (QED) is 0.797. The Bertz CT molecular complexity index is 849. The number of rotatable bonds is 5. The van der Waals surface area contributed by atoms with Gasteiger partial charge in [0.1, 0.15) is 18.1 Å². The van der Waals surface area contributed by atoms with Gasteiger partial charge in [0, 0.05) is 30.2 Å². The van der Waals surface area contributed by atoms with Gasteiger partial charge < -0.3 is 19.6 Å². The minimum absolute atomic E-state index is 0.128. The van der Waals surface area contributed by atoms with Crippen molar-refractivity contribution in [3.63, 3.8) is 0 Å². The zero-order chi connectivity index (χ0) is 19.5. The van der Waals surface area contributed by atoms with Crippen LogP contribution in [0, 0.1) is 5.92 Å². The van der Waals surface area contributed by atoms with Crippen molar-refractivity contribution in [3.05, 3.63) is 18.3 Å². The van der Waals surface area contributed by atoms with Gasteiger partial charge in [-0.15, -0.1) is 0 Å². The fourth-order valence-corrected chi connectivity index (χ4v) is 4.19. The Labute approximate surface area is 164 Å². The molecule has 1 N–H and O–H groups in total. The largest absolute Gasteiger partial charge is 0.494 e. The third-order valence-electron chi connectivity index (χ3n) is 5.88. The van der Waals surface area contributed by atoms with Crippen molar-refractivity contribution >= 4 is 28.8 Å². The van der Waals surface area contributed by atoms with Gasteiger partial charge in [0.15, 0.2) is 0 Å². The number of amides is 1. The van der Waals surface area contributed by atoms with E-state index >= 15 is 0 Å². The molecule has 0 radical (unpaired) electrons. The molecule has 0 unspecified atom stereocenters. The molecular formula is C21H27N3O4. The second kappa shape index (κ2) is 8.31. The molecule has 1 aliphatic heterocycles. The molecule has 4 rings (SSSR count). The summed E-state index contributed by atoms with van der Waals surface area (Å²) in [5, 5.41) is 8.63. The molecule has 2 aliphatic rings. The maximum atomic E-state index is 12.5. The summed E-state index contributed by atoms with van der Waals surface area (Å²) < 4.78 is 13.1. The lowest BCUT2D eigenvalue weighted by molar-refractivity contribution is -0.130. The number of aldehydes is 1. The van der Waals surface area contributed by atoms with E-state index in [0.29, 0.717) is 24.1 Å². The summed E-state index contributed by atoms with van der Waals surface area (Å²) in [6.45, 7) is 0.632. The fraction of sp³-hybridized carbons (Fsp3) is 0.571. The molecule has 2 aromatic rings. The van der Waals surface area contributed by atoms with Gasteiger partial charge >= 0.3 is 0 Å². The maximum Gasteiger partial charge on any atom is 0.253 e. The van der Waals surface area contributed by atoms with E-state index in [1.807, 2.05) is 23.0 Å². The topological polar surface area (TPSA) is 82.5 Å². The van der Waals surface area contributed by atoms with Gasteiger partial charge in [-0.05, 0) is 51.0 Å². The first-order chi connectivity index (χ1) is 13.7. The Balaban J connectivity index is 1.54. The zero-order valence-electron chi connectivity index (χ0n) is 16.2. The molecule has 1 amide bonds. The second-order valence-electron chi connectivity index (χ2n) is 7.77. The van der Waals surface area contributed by atoms with Crippen molar-refractivity contribution in [2.75, 3.05) is 19.0 Å². The fourth-order valence-electron chi connectivity index (χ4n) is 4.19. The van der Waals surface area contributed by atoms with Crippen LogP contribution < -0.4 is 10.1 Å². The van der Waals surface area contributed by atoms with Crippen LogP contribution in [-0.4, -0.2) is 41.8 Å². The van der Waals surface area contributed by atoms with E-state index < -0.39 is 6.10 Å². The highest BCUT2D eigenvalue weighted by atomic mass is 16.5. The van der Waals surface area contributed by atoms with Crippen LogP contribution >= 0.6 is 0 Å². The second-order valence-corrected chi connectivity index (χ2v) is 7.77. The highest BCUT2D eigenvalue weighted by Crippen LogP contribution is 2.34. The van der Waals surface area contributed by atoms with Gasteiger partial charge in [-0.1, -0.05) is 0 Å². The number of hydrogen-bond donors (Lipinski definition) is 1. The zero-order valence-corrected chi connectivity index (χ0v) is 16.2. The first kappa shape index (κ1) is 18.9. The van der Waals surface area contributed by atoms with Gasteiger partial charge in [-0.3, -0.25) is 9.48 Å². The van der Waals surface area contributed by atoms with E-state index in [0.717, 1.165) is 62.1 Å². The number of benzene rings is 1. The molecule has 1 saturated carbocycles. The van der Waals surface area contributed by atoms with E-state index in [-0.39, 0.29) is 11.8 Å². The van der Waals surface area contributed by atoms with Gasteiger partial charge in [-0.2, -0.15) is 5.10 Å². The molecule has 1 atom stereocenters. The molecule has 0 bridgehead atoms. The van der Waals surface area contributed by atoms with Crippen molar-refractivity contribution in [2.45, 2.75) is 57.1 Å². The standard InChI is InChI=1S/C21H27N3O4/c1-27-20-11-17-15(10-18(20)22-21(26)19-4-2-3-9-28-19)12-24(23-17)16-7-5-14(13-25)6-8-16/h10-14,16,19H,2-9H2,1H3,(H,22,26)/t14?,16?,19-/m0/s1. The Hall–Kier alpha value is -2.41. The summed E-state index contributed by atoms with van der Waals surface area (Å²) in [4.78, 5) is 23.5. The lowest BCUT2D eigenvalue weighted by Crippen LogP contribution is -2.33. The van der Waals surface area contributed by atoms with Crippen LogP contribution in [0.3, 0.4) is 0 Å². The SMILES string of the molecule is COc1cc2nn(C3CCC(C=O)CC3)cc2cc1NC(=O)[C@@H]1CCCCO1. The number of hydrogen-bond acceptors (Lipinski definition) is 5. The number of nitrogens with zero attached hydrogens (tertiary/aromatic N) is 2. The number of nitrogens with one attached hydrogen (secondary N) is 1. The number of methoxy groups -OCH3 is 1. The van der Waals surface area contributed by atoms with Gasteiger partial charge in [0.05, 0.1) is 24.4 Å². The van der Waals surface area contributed by atoms with Crippen molar-refractivity contribution in [1.82, 2.24) is 9.78 Å². The summed E-state index contributed by atoms with van der Waals surface area (Å²) >= 11 is 0. The molecule has 7 heteroatoms. The minimum atomic E-state index is -0.398.